The molecule has 1 aliphatic rings. The van der Waals surface area contributed by atoms with Gasteiger partial charge in [0.25, 0.3) is 0 Å². The lowest BCUT2D eigenvalue weighted by Gasteiger charge is -2.38. The lowest BCUT2D eigenvalue weighted by atomic mass is 9.64. The van der Waals surface area contributed by atoms with Gasteiger partial charge in [-0.15, -0.1) is 0 Å². The molecule has 1 unspecified atom stereocenters. The van der Waals surface area contributed by atoms with Gasteiger partial charge in [-0.1, -0.05) is 76.6 Å². The minimum Gasteiger partial charge on any atom is -1.00 e. The Balaban J connectivity index is 0.00000261. The predicted octanol–water partition coefficient (Wildman–Crippen LogP) is 0.714. The number of hydrogen-bond donors (Lipinski definition) is 1. The summed E-state index contributed by atoms with van der Waals surface area (Å²) in [4.78, 5) is 13.0. The molecule has 1 amide bonds. The molecule has 1 fully saturated rings. The van der Waals surface area contributed by atoms with Gasteiger partial charge in [0.05, 0.1) is 26.7 Å². The number of nitrogens with zero attached hydrogens (tertiary/aromatic N) is 1. The van der Waals surface area contributed by atoms with Crippen molar-refractivity contribution in [2.75, 3.05) is 32.0 Å². The van der Waals surface area contributed by atoms with Crippen LogP contribution in [-0.2, 0) is 10.2 Å². The van der Waals surface area contributed by atoms with Gasteiger partial charge in [0.15, 0.2) is 0 Å². The van der Waals surface area contributed by atoms with Crippen molar-refractivity contribution in [3.05, 3.63) is 71.8 Å². The van der Waals surface area contributed by atoms with Crippen LogP contribution in [0.25, 0.3) is 0 Å². The van der Waals surface area contributed by atoms with Gasteiger partial charge in [-0.3, -0.25) is 4.79 Å². The average molecular weight is 496 g/mol. The standard InChI is InChI=1S/C22H27BrN2O.BrH/c1-25(15-8-14-23)16-13-20(17-25)22(21(24)26,18-9-4-2-5-10-18)19-11-6-3-7-12-19;/h2-7,9-12,20H,8,13-17H2,1H3,(H-,24,26);1H/t20?,25-;/m1./s1. The number of carbonyl (C=O) groups excluding carboxylic acids is 1. The van der Waals surface area contributed by atoms with Crippen LogP contribution in [-0.4, -0.2) is 42.4 Å². The van der Waals surface area contributed by atoms with Crippen LogP contribution in [0.5, 0.6) is 0 Å². The van der Waals surface area contributed by atoms with E-state index < -0.39 is 5.41 Å². The Morgan fingerprint density at radius 3 is 2.07 bits per heavy atom. The number of quaternary nitrogens is 1. The number of nitrogens with two attached hydrogens (primary N) is 1. The van der Waals surface area contributed by atoms with Crippen LogP contribution in [0.2, 0.25) is 0 Å². The zero-order valence-electron chi connectivity index (χ0n) is 15.8. The second-order valence-electron chi connectivity index (χ2n) is 7.68. The van der Waals surface area contributed by atoms with Crippen molar-refractivity contribution in [2.24, 2.45) is 11.7 Å². The Morgan fingerprint density at radius 1 is 1.11 bits per heavy atom. The van der Waals surface area contributed by atoms with E-state index in [1.807, 2.05) is 36.4 Å². The highest BCUT2D eigenvalue weighted by Gasteiger charge is 2.53. The quantitative estimate of drug-likeness (QED) is 0.446. The third-order valence-electron chi connectivity index (χ3n) is 5.97. The highest BCUT2D eigenvalue weighted by Crippen LogP contribution is 2.45. The van der Waals surface area contributed by atoms with Crippen molar-refractivity contribution in [2.45, 2.75) is 18.3 Å². The highest BCUT2D eigenvalue weighted by atomic mass is 79.9. The van der Waals surface area contributed by atoms with Crippen LogP contribution in [0.4, 0.5) is 0 Å². The molecule has 1 saturated heterocycles. The summed E-state index contributed by atoms with van der Waals surface area (Å²) in [5.74, 6) is -0.0426. The molecule has 0 radical (unpaired) electrons. The van der Waals surface area contributed by atoms with Gasteiger partial charge in [-0.2, -0.15) is 0 Å². The molecule has 3 nitrogen and oxygen atoms in total. The highest BCUT2D eigenvalue weighted by molar-refractivity contribution is 9.09. The van der Waals surface area contributed by atoms with Crippen LogP contribution >= 0.6 is 15.9 Å². The van der Waals surface area contributed by atoms with Crippen molar-refractivity contribution < 1.29 is 26.3 Å². The van der Waals surface area contributed by atoms with E-state index in [1.54, 1.807) is 0 Å². The van der Waals surface area contributed by atoms with E-state index in [2.05, 4.69) is 47.2 Å². The molecular formula is C22H28Br2N2O. The zero-order valence-corrected chi connectivity index (χ0v) is 19.0. The van der Waals surface area contributed by atoms with E-state index in [4.69, 9.17) is 5.73 Å². The molecule has 2 aromatic rings. The predicted molar refractivity (Wildman–Crippen MR) is 110 cm³/mol. The van der Waals surface area contributed by atoms with Crippen LogP contribution in [0.15, 0.2) is 60.7 Å². The van der Waals surface area contributed by atoms with Gasteiger partial charge in [-0.25, -0.2) is 0 Å². The average Bonchev–Trinajstić information content (AvgIpc) is 3.05. The van der Waals surface area contributed by atoms with Crippen LogP contribution in [0.3, 0.4) is 0 Å². The maximum atomic E-state index is 13.0. The first-order valence-electron chi connectivity index (χ1n) is 9.33. The van der Waals surface area contributed by atoms with Crippen molar-refractivity contribution >= 4 is 21.8 Å². The first-order chi connectivity index (χ1) is 12.5. The molecule has 27 heavy (non-hydrogen) atoms. The summed E-state index contributed by atoms with van der Waals surface area (Å²) in [5, 5.41) is 1.02. The number of alkyl halides is 1. The largest absolute Gasteiger partial charge is 1.00 e. The van der Waals surface area contributed by atoms with Crippen LogP contribution < -0.4 is 22.7 Å². The molecule has 2 aromatic carbocycles. The number of primary amides is 1. The van der Waals surface area contributed by atoms with E-state index in [0.29, 0.717) is 0 Å². The summed E-state index contributed by atoms with van der Waals surface area (Å²) in [5.41, 5.74) is 7.40. The third kappa shape index (κ3) is 4.30. The fourth-order valence-corrected chi connectivity index (χ4v) is 4.96. The molecule has 146 valence electrons. The van der Waals surface area contributed by atoms with Gasteiger partial charge in [0.2, 0.25) is 5.91 Å². The molecule has 5 heteroatoms. The number of benzene rings is 2. The molecule has 1 heterocycles. The molecule has 0 bridgehead atoms. The van der Waals surface area contributed by atoms with Crippen molar-refractivity contribution in [3.63, 3.8) is 0 Å². The normalized spacial score (nSPS) is 22.2. The lowest BCUT2D eigenvalue weighted by molar-refractivity contribution is -0.899. The maximum absolute atomic E-state index is 13.0. The summed E-state index contributed by atoms with van der Waals surface area (Å²) in [6.45, 7) is 3.19. The summed E-state index contributed by atoms with van der Waals surface area (Å²) in [6.07, 6.45) is 2.15. The smallest absolute Gasteiger partial charge is 0.233 e. The molecule has 2 atom stereocenters. The van der Waals surface area contributed by atoms with Gasteiger partial charge in [-0.05, 0) is 11.1 Å². The third-order valence-corrected chi connectivity index (χ3v) is 6.53. The van der Waals surface area contributed by atoms with Crippen LogP contribution in [0.1, 0.15) is 24.0 Å². The van der Waals surface area contributed by atoms with E-state index in [-0.39, 0.29) is 28.8 Å². The Morgan fingerprint density at radius 2 is 1.63 bits per heavy atom. The first-order valence-corrected chi connectivity index (χ1v) is 10.5. The Bertz CT molecular complexity index is 699. The minimum atomic E-state index is -0.771. The van der Waals surface area contributed by atoms with E-state index in [0.717, 1.165) is 53.4 Å². The van der Waals surface area contributed by atoms with E-state index >= 15 is 0 Å². The van der Waals surface area contributed by atoms with Crippen molar-refractivity contribution in [3.8, 4) is 0 Å². The number of amides is 1. The summed E-state index contributed by atoms with van der Waals surface area (Å²) in [7, 11) is 2.31. The molecule has 1 aliphatic heterocycles. The maximum Gasteiger partial charge on any atom is 0.233 e. The Hall–Kier alpha value is -1.17. The molecule has 0 aromatic heterocycles. The fraction of sp³-hybridized carbons (Fsp3) is 0.409. The molecule has 0 saturated carbocycles. The topological polar surface area (TPSA) is 43.1 Å². The molecule has 3 rings (SSSR count). The monoisotopic (exact) mass is 494 g/mol. The minimum absolute atomic E-state index is 0. The molecule has 2 N–H and O–H groups in total. The van der Waals surface area contributed by atoms with E-state index in [9.17, 15) is 4.79 Å². The fourth-order valence-electron chi connectivity index (χ4n) is 4.71. The Labute approximate surface area is 181 Å². The van der Waals surface area contributed by atoms with E-state index in [1.165, 1.54) is 0 Å². The van der Waals surface area contributed by atoms with Gasteiger partial charge in [0.1, 0.15) is 5.41 Å². The van der Waals surface area contributed by atoms with Gasteiger partial charge in [0, 0.05) is 24.1 Å². The van der Waals surface area contributed by atoms with Gasteiger partial charge >= 0.3 is 0 Å². The molecule has 0 aliphatic carbocycles. The summed E-state index contributed by atoms with van der Waals surface area (Å²) >= 11 is 3.55. The number of carbonyl (C=O) groups is 1. The Kier molecular flexibility index (Phi) is 7.66. The molecular weight excluding hydrogens is 468 g/mol. The second-order valence-corrected chi connectivity index (χ2v) is 8.47. The lowest BCUT2D eigenvalue weighted by Crippen LogP contribution is -3.00. The van der Waals surface area contributed by atoms with Gasteiger partial charge < -0.3 is 27.2 Å². The summed E-state index contributed by atoms with van der Waals surface area (Å²) in [6, 6.07) is 20.2. The molecule has 0 spiro atoms. The number of rotatable bonds is 7. The SMILES string of the molecule is C[N@@+]1(CCCBr)CCC(C(C(N)=O)(c2ccccc2)c2ccccc2)C1.[Br-]. The van der Waals surface area contributed by atoms with Crippen LogP contribution in [0, 0.1) is 5.92 Å². The van der Waals surface area contributed by atoms with Crippen molar-refractivity contribution in [1.82, 2.24) is 0 Å². The number of halogens is 2. The van der Waals surface area contributed by atoms with Crippen molar-refractivity contribution in [1.29, 1.82) is 0 Å². The number of likely N-dealkylation sites (tertiary alicyclic amines) is 1. The zero-order chi connectivity index (χ0) is 18.6. The first kappa shape index (κ1) is 22.1. The second kappa shape index (κ2) is 9.35. The number of hydrogen-bond acceptors (Lipinski definition) is 1. The summed E-state index contributed by atoms with van der Waals surface area (Å²) < 4.78 is 1.00.